The van der Waals surface area contributed by atoms with Gasteiger partial charge in [0.1, 0.15) is 0 Å². The second-order valence-electron chi connectivity index (χ2n) is 7.03. The monoisotopic (exact) mass is 419 g/mol. The Labute approximate surface area is 179 Å². The molecule has 4 rings (SSSR count). The third kappa shape index (κ3) is 5.78. The Balaban J connectivity index is 1.29. The SMILES string of the molecule is O=c1[nH]c(NCCOCc2ccccc2)nc2c1ncn2CCOCc1ccccc1. The summed E-state index contributed by atoms with van der Waals surface area (Å²) in [5.74, 6) is 0.396. The van der Waals surface area contributed by atoms with Gasteiger partial charge in [-0.3, -0.25) is 9.78 Å². The highest BCUT2D eigenvalue weighted by atomic mass is 16.5. The summed E-state index contributed by atoms with van der Waals surface area (Å²) in [5, 5.41) is 3.11. The highest BCUT2D eigenvalue weighted by Gasteiger charge is 2.10. The summed E-state index contributed by atoms with van der Waals surface area (Å²) in [5.41, 5.74) is 2.80. The van der Waals surface area contributed by atoms with Crippen LogP contribution < -0.4 is 10.9 Å². The number of nitrogens with one attached hydrogen (secondary N) is 2. The fraction of sp³-hybridized carbons (Fsp3) is 0.261. The van der Waals surface area contributed by atoms with Crippen molar-refractivity contribution >= 4 is 17.1 Å². The molecule has 0 aliphatic carbocycles. The van der Waals surface area contributed by atoms with Gasteiger partial charge in [-0.05, 0) is 11.1 Å². The first-order valence-corrected chi connectivity index (χ1v) is 10.2. The van der Waals surface area contributed by atoms with E-state index in [4.69, 9.17) is 9.47 Å². The molecule has 0 unspecified atom stereocenters. The molecule has 0 bridgehead atoms. The number of nitrogens with zero attached hydrogens (tertiary/aromatic N) is 3. The average molecular weight is 419 g/mol. The fourth-order valence-corrected chi connectivity index (χ4v) is 3.13. The van der Waals surface area contributed by atoms with Crippen LogP contribution in [0.3, 0.4) is 0 Å². The highest BCUT2D eigenvalue weighted by molar-refractivity contribution is 5.70. The smallest absolute Gasteiger partial charge is 0.280 e. The zero-order valence-electron chi connectivity index (χ0n) is 17.2. The maximum Gasteiger partial charge on any atom is 0.280 e. The summed E-state index contributed by atoms with van der Waals surface area (Å²) in [6.45, 7) is 3.14. The Hall–Kier alpha value is -3.49. The van der Waals surface area contributed by atoms with E-state index in [1.54, 1.807) is 6.33 Å². The first-order valence-electron chi connectivity index (χ1n) is 10.2. The van der Waals surface area contributed by atoms with Crippen LogP contribution in [0, 0.1) is 0 Å². The van der Waals surface area contributed by atoms with Crippen molar-refractivity contribution in [3.05, 3.63) is 88.5 Å². The van der Waals surface area contributed by atoms with Gasteiger partial charge in [0.2, 0.25) is 5.95 Å². The van der Waals surface area contributed by atoms with Crippen molar-refractivity contribution in [3.8, 4) is 0 Å². The number of anilines is 1. The Morgan fingerprint density at radius 3 is 2.23 bits per heavy atom. The molecule has 0 radical (unpaired) electrons. The molecule has 31 heavy (non-hydrogen) atoms. The molecule has 0 saturated carbocycles. The van der Waals surface area contributed by atoms with E-state index in [2.05, 4.69) is 20.3 Å². The van der Waals surface area contributed by atoms with Crippen LogP contribution in [-0.4, -0.2) is 39.3 Å². The molecule has 0 atom stereocenters. The van der Waals surface area contributed by atoms with Gasteiger partial charge in [-0.2, -0.15) is 4.98 Å². The van der Waals surface area contributed by atoms with Gasteiger partial charge in [-0.15, -0.1) is 0 Å². The number of benzene rings is 2. The number of rotatable bonds is 11. The number of H-pyrrole nitrogens is 1. The van der Waals surface area contributed by atoms with Crippen LogP contribution >= 0.6 is 0 Å². The second-order valence-corrected chi connectivity index (χ2v) is 7.03. The zero-order valence-corrected chi connectivity index (χ0v) is 17.2. The van der Waals surface area contributed by atoms with Crippen LogP contribution in [0.25, 0.3) is 11.2 Å². The van der Waals surface area contributed by atoms with E-state index < -0.39 is 0 Å². The molecule has 8 heteroatoms. The molecule has 2 heterocycles. The van der Waals surface area contributed by atoms with E-state index in [9.17, 15) is 4.79 Å². The lowest BCUT2D eigenvalue weighted by Gasteiger charge is -2.08. The van der Waals surface area contributed by atoms with E-state index >= 15 is 0 Å². The van der Waals surface area contributed by atoms with Crippen molar-refractivity contribution < 1.29 is 9.47 Å². The van der Waals surface area contributed by atoms with E-state index in [0.29, 0.717) is 56.6 Å². The average Bonchev–Trinajstić information content (AvgIpc) is 3.21. The quantitative estimate of drug-likeness (QED) is 0.363. The molecular formula is C23H25N5O3. The molecule has 0 spiro atoms. The van der Waals surface area contributed by atoms with Crippen molar-refractivity contribution in [2.24, 2.45) is 0 Å². The van der Waals surface area contributed by atoms with E-state index in [0.717, 1.165) is 11.1 Å². The molecule has 0 aliphatic rings. The summed E-state index contributed by atoms with van der Waals surface area (Å²) in [6.07, 6.45) is 1.62. The molecule has 0 saturated heterocycles. The van der Waals surface area contributed by atoms with Crippen molar-refractivity contribution in [1.82, 2.24) is 19.5 Å². The summed E-state index contributed by atoms with van der Waals surface area (Å²) in [4.78, 5) is 23.7. The minimum atomic E-state index is -0.276. The van der Waals surface area contributed by atoms with Gasteiger partial charge in [0.25, 0.3) is 5.56 Å². The predicted molar refractivity (Wildman–Crippen MR) is 119 cm³/mol. The molecule has 0 fully saturated rings. The third-order valence-corrected chi connectivity index (χ3v) is 4.71. The Morgan fingerprint density at radius 2 is 1.55 bits per heavy atom. The first kappa shape index (κ1) is 20.8. The molecular weight excluding hydrogens is 394 g/mol. The van der Waals surface area contributed by atoms with Gasteiger partial charge in [-0.1, -0.05) is 60.7 Å². The topological polar surface area (TPSA) is 94.1 Å². The number of aromatic nitrogens is 4. The minimum absolute atomic E-state index is 0.276. The number of hydrogen-bond acceptors (Lipinski definition) is 6. The van der Waals surface area contributed by atoms with E-state index in [-0.39, 0.29) is 5.56 Å². The van der Waals surface area contributed by atoms with Gasteiger partial charge < -0.3 is 19.4 Å². The Bertz CT molecular complexity index is 1140. The molecule has 2 N–H and O–H groups in total. The summed E-state index contributed by atoms with van der Waals surface area (Å²) < 4.78 is 13.2. The number of imidazole rings is 1. The molecule has 0 amide bonds. The van der Waals surface area contributed by atoms with Crippen molar-refractivity contribution in [2.45, 2.75) is 19.8 Å². The Kier molecular flexibility index (Phi) is 7.04. The summed E-state index contributed by atoms with van der Waals surface area (Å²) >= 11 is 0. The van der Waals surface area contributed by atoms with Gasteiger partial charge in [-0.25, -0.2) is 4.98 Å². The van der Waals surface area contributed by atoms with Crippen LogP contribution in [0.4, 0.5) is 5.95 Å². The van der Waals surface area contributed by atoms with Crippen molar-refractivity contribution in [1.29, 1.82) is 0 Å². The third-order valence-electron chi connectivity index (χ3n) is 4.71. The minimum Gasteiger partial charge on any atom is -0.375 e. The summed E-state index contributed by atoms with van der Waals surface area (Å²) in [7, 11) is 0. The molecule has 2 aromatic carbocycles. The van der Waals surface area contributed by atoms with Crippen molar-refractivity contribution in [2.75, 3.05) is 25.1 Å². The van der Waals surface area contributed by atoms with Crippen molar-refractivity contribution in [3.63, 3.8) is 0 Å². The molecule has 8 nitrogen and oxygen atoms in total. The lowest BCUT2D eigenvalue weighted by atomic mass is 10.2. The maximum atomic E-state index is 12.3. The number of fused-ring (bicyclic) bond motifs is 1. The van der Waals surface area contributed by atoms with Crippen LogP contribution in [0.5, 0.6) is 0 Å². The number of hydrogen-bond donors (Lipinski definition) is 2. The fourth-order valence-electron chi connectivity index (χ4n) is 3.13. The van der Waals surface area contributed by atoms with Gasteiger partial charge in [0.15, 0.2) is 11.2 Å². The Morgan fingerprint density at radius 1 is 0.903 bits per heavy atom. The van der Waals surface area contributed by atoms with Crippen LogP contribution in [0.1, 0.15) is 11.1 Å². The van der Waals surface area contributed by atoms with E-state index in [1.165, 1.54) is 0 Å². The molecule has 0 aliphatic heterocycles. The zero-order chi connectivity index (χ0) is 21.3. The van der Waals surface area contributed by atoms with Gasteiger partial charge in [0.05, 0.1) is 32.8 Å². The molecule has 4 aromatic rings. The van der Waals surface area contributed by atoms with Crippen LogP contribution in [0.2, 0.25) is 0 Å². The van der Waals surface area contributed by atoms with E-state index in [1.807, 2.05) is 65.2 Å². The number of aromatic amines is 1. The van der Waals surface area contributed by atoms with Crippen LogP contribution in [0.15, 0.2) is 71.8 Å². The lowest BCUT2D eigenvalue weighted by molar-refractivity contribution is 0.114. The largest absolute Gasteiger partial charge is 0.375 e. The maximum absolute atomic E-state index is 12.3. The van der Waals surface area contributed by atoms with Crippen LogP contribution in [-0.2, 0) is 29.2 Å². The normalized spacial score (nSPS) is 11.1. The predicted octanol–water partition coefficient (Wildman–Crippen LogP) is 2.97. The molecule has 2 aromatic heterocycles. The standard InChI is InChI=1S/C23H25N5O3/c29-22-20-21(28(17-25-20)12-14-31-16-19-9-5-2-6-10-19)26-23(27-22)24-11-13-30-15-18-7-3-1-4-8-18/h1-10,17H,11-16H2,(H2,24,26,27,29). The lowest BCUT2D eigenvalue weighted by Crippen LogP contribution is -2.17. The number of ether oxygens (including phenoxy) is 2. The molecule has 160 valence electrons. The highest BCUT2D eigenvalue weighted by Crippen LogP contribution is 2.08. The first-order chi connectivity index (χ1) is 15.3. The van der Waals surface area contributed by atoms with Gasteiger partial charge >= 0.3 is 0 Å². The van der Waals surface area contributed by atoms with Gasteiger partial charge in [0, 0.05) is 13.1 Å². The second kappa shape index (κ2) is 10.5. The summed E-state index contributed by atoms with van der Waals surface area (Å²) in [6, 6.07) is 20.0.